The van der Waals surface area contributed by atoms with E-state index in [2.05, 4.69) is 0 Å². The number of Topliss-reactive ketones (excluding diaryl/α,β-unsaturated/α-hetero) is 3. The third-order valence-corrected chi connectivity index (χ3v) is 2.65. The minimum Gasteiger partial charge on any atom is -0.299 e. The molecule has 1 rings (SSSR count). The molecule has 0 spiro atoms. The monoisotopic (exact) mass is 246 g/mol. The highest BCUT2D eigenvalue weighted by Gasteiger charge is 2.24. The van der Waals surface area contributed by atoms with E-state index >= 15 is 0 Å². The van der Waals surface area contributed by atoms with Crippen molar-refractivity contribution in [3.05, 3.63) is 35.9 Å². The van der Waals surface area contributed by atoms with Gasteiger partial charge in [0.25, 0.3) is 0 Å². The summed E-state index contributed by atoms with van der Waals surface area (Å²) >= 11 is 0. The van der Waals surface area contributed by atoms with Crippen LogP contribution in [0, 0.1) is 5.41 Å². The first-order chi connectivity index (χ1) is 8.30. The van der Waals surface area contributed by atoms with E-state index in [1.54, 1.807) is 45.0 Å². The molecule has 18 heavy (non-hydrogen) atoms. The predicted octanol–water partition coefficient (Wildman–Crippen LogP) is 2.83. The molecule has 3 nitrogen and oxygen atoms in total. The quantitative estimate of drug-likeness (QED) is 0.593. The Morgan fingerprint density at radius 3 is 2.00 bits per heavy atom. The maximum Gasteiger partial charge on any atom is 0.170 e. The van der Waals surface area contributed by atoms with Crippen molar-refractivity contribution < 1.29 is 14.4 Å². The van der Waals surface area contributed by atoms with Gasteiger partial charge < -0.3 is 0 Å². The van der Waals surface area contributed by atoms with Crippen molar-refractivity contribution >= 4 is 17.3 Å². The number of hydrogen-bond acceptors (Lipinski definition) is 3. The summed E-state index contributed by atoms with van der Waals surface area (Å²) in [6.45, 7) is 5.30. The third-order valence-electron chi connectivity index (χ3n) is 2.65. The Labute approximate surface area is 107 Å². The summed E-state index contributed by atoms with van der Waals surface area (Å²) in [5.41, 5.74) is -0.0279. The molecule has 0 aliphatic carbocycles. The third kappa shape index (κ3) is 4.24. The molecule has 0 aliphatic heterocycles. The van der Waals surface area contributed by atoms with Gasteiger partial charge in [0.05, 0.1) is 12.8 Å². The van der Waals surface area contributed by atoms with Crippen molar-refractivity contribution in [2.45, 2.75) is 33.6 Å². The second kappa shape index (κ2) is 5.71. The van der Waals surface area contributed by atoms with Gasteiger partial charge >= 0.3 is 0 Å². The van der Waals surface area contributed by atoms with Crippen LogP contribution in [0.3, 0.4) is 0 Å². The molecule has 0 N–H and O–H groups in total. The van der Waals surface area contributed by atoms with Gasteiger partial charge in [0.15, 0.2) is 5.78 Å². The Morgan fingerprint density at radius 1 is 0.944 bits per heavy atom. The van der Waals surface area contributed by atoms with Crippen molar-refractivity contribution in [3.8, 4) is 0 Å². The molecule has 0 unspecified atom stereocenters. The van der Waals surface area contributed by atoms with E-state index in [0.717, 1.165) is 0 Å². The lowest BCUT2D eigenvalue weighted by Gasteiger charge is -2.15. The number of benzene rings is 1. The SMILES string of the molecule is CC(C)(C)C(=O)CC(=O)CC(=O)c1ccccc1. The van der Waals surface area contributed by atoms with Gasteiger partial charge in [-0.1, -0.05) is 51.1 Å². The highest BCUT2D eigenvalue weighted by Crippen LogP contribution is 2.17. The highest BCUT2D eigenvalue weighted by molar-refractivity contribution is 6.12. The first-order valence-corrected chi connectivity index (χ1v) is 5.94. The second-order valence-corrected chi connectivity index (χ2v) is 5.35. The lowest BCUT2D eigenvalue weighted by Crippen LogP contribution is -2.24. The Hall–Kier alpha value is -1.77. The summed E-state index contributed by atoms with van der Waals surface area (Å²) in [6, 6.07) is 8.64. The number of rotatable bonds is 5. The molecular formula is C15H18O3. The van der Waals surface area contributed by atoms with Crippen molar-refractivity contribution in [3.63, 3.8) is 0 Å². The maximum atomic E-state index is 11.8. The average molecular weight is 246 g/mol. The van der Waals surface area contributed by atoms with Crippen molar-refractivity contribution in [2.24, 2.45) is 5.41 Å². The van der Waals surface area contributed by atoms with Gasteiger partial charge in [0.2, 0.25) is 0 Å². The van der Waals surface area contributed by atoms with Gasteiger partial charge in [-0.3, -0.25) is 14.4 Å². The Balaban J connectivity index is 2.57. The lowest BCUT2D eigenvalue weighted by atomic mass is 9.87. The van der Waals surface area contributed by atoms with Gasteiger partial charge in [0.1, 0.15) is 11.6 Å². The van der Waals surface area contributed by atoms with Crippen LogP contribution >= 0.6 is 0 Å². The normalized spacial score (nSPS) is 11.1. The molecule has 0 saturated heterocycles. The standard InChI is InChI=1S/C15H18O3/c1-15(2,3)14(18)10-12(16)9-13(17)11-7-5-4-6-8-11/h4-8H,9-10H2,1-3H3. The smallest absolute Gasteiger partial charge is 0.170 e. The Kier molecular flexibility index (Phi) is 4.54. The summed E-state index contributed by atoms with van der Waals surface area (Å²) in [7, 11) is 0. The van der Waals surface area contributed by atoms with Crippen molar-refractivity contribution in [1.82, 2.24) is 0 Å². The fraction of sp³-hybridized carbons (Fsp3) is 0.400. The summed E-state index contributed by atoms with van der Waals surface area (Å²) in [5.74, 6) is -0.681. The largest absolute Gasteiger partial charge is 0.299 e. The fourth-order valence-corrected chi connectivity index (χ4v) is 1.41. The average Bonchev–Trinajstić information content (AvgIpc) is 2.28. The van der Waals surface area contributed by atoms with E-state index in [1.165, 1.54) is 0 Å². The van der Waals surface area contributed by atoms with Crippen molar-refractivity contribution in [2.75, 3.05) is 0 Å². The lowest BCUT2D eigenvalue weighted by molar-refractivity contribution is -0.131. The highest BCUT2D eigenvalue weighted by atomic mass is 16.2. The van der Waals surface area contributed by atoms with Crippen molar-refractivity contribution in [1.29, 1.82) is 0 Å². The van der Waals surface area contributed by atoms with E-state index in [4.69, 9.17) is 0 Å². The summed E-state index contributed by atoms with van der Waals surface area (Å²) < 4.78 is 0. The molecule has 0 aliphatic rings. The van der Waals surface area contributed by atoms with E-state index in [9.17, 15) is 14.4 Å². The van der Waals surface area contributed by atoms with Gasteiger partial charge in [-0.15, -0.1) is 0 Å². The first kappa shape index (κ1) is 14.3. The number of ketones is 3. The Morgan fingerprint density at radius 2 is 1.50 bits per heavy atom. The zero-order chi connectivity index (χ0) is 13.8. The molecule has 0 atom stereocenters. The van der Waals surface area contributed by atoms with Crippen LogP contribution < -0.4 is 0 Å². The van der Waals surface area contributed by atoms with Crippen LogP contribution in [0.5, 0.6) is 0 Å². The summed E-state index contributed by atoms with van der Waals surface area (Å²) in [6.07, 6.45) is -0.367. The molecule has 3 heteroatoms. The molecule has 0 amide bonds. The van der Waals surface area contributed by atoms with Crippen LogP contribution in [-0.4, -0.2) is 17.3 Å². The number of carbonyl (C=O) groups is 3. The number of carbonyl (C=O) groups excluding carboxylic acids is 3. The molecule has 0 aromatic heterocycles. The molecule has 0 heterocycles. The molecule has 0 saturated carbocycles. The van der Waals surface area contributed by atoms with Crippen LogP contribution in [0.2, 0.25) is 0 Å². The van der Waals surface area contributed by atoms with Crippen LogP contribution in [0.15, 0.2) is 30.3 Å². The first-order valence-electron chi connectivity index (χ1n) is 5.94. The molecule has 1 aromatic carbocycles. The maximum absolute atomic E-state index is 11.8. The van der Waals surface area contributed by atoms with E-state index in [-0.39, 0.29) is 30.2 Å². The minimum absolute atomic E-state index is 0.131. The second-order valence-electron chi connectivity index (χ2n) is 5.35. The van der Waals surface area contributed by atoms with Gasteiger partial charge in [-0.05, 0) is 0 Å². The molecule has 96 valence electrons. The predicted molar refractivity (Wildman–Crippen MR) is 69.5 cm³/mol. The van der Waals surface area contributed by atoms with Crippen LogP contribution in [0.25, 0.3) is 0 Å². The van der Waals surface area contributed by atoms with Gasteiger partial charge in [0, 0.05) is 11.0 Å². The van der Waals surface area contributed by atoms with E-state index in [1.807, 2.05) is 6.07 Å². The summed E-state index contributed by atoms with van der Waals surface area (Å²) in [5, 5.41) is 0. The number of hydrogen-bond donors (Lipinski definition) is 0. The molecule has 1 aromatic rings. The van der Waals surface area contributed by atoms with Crippen LogP contribution in [-0.2, 0) is 9.59 Å². The molecule has 0 radical (unpaired) electrons. The van der Waals surface area contributed by atoms with Crippen LogP contribution in [0.1, 0.15) is 44.0 Å². The topological polar surface area (TPSA) is 51.2 Å². The van der Waals surface area contributed by atoms with E-state index < -0.39 is 5.41 Å². The zero-order valence-corrected chi connectivity index (χ0v) is 11.0. The molecule has 0 fully saturated rings. The Bertz CT molecular complexity index is 452. The minimum atomic E-state index is -0.536. The van der Waals surface area contributed by atoms with Gasteiger partial charge in [-0.2, -0.15) is 0 Å². The summed E-state index contributed by atoms with van der Waals surface area (Å²) in [4.78, 5) is 35.1. The molecule has 0 bridgehead atoms. The molecular weight excluding hydrogens is 228 g/mol. The fourth-order valence-electron chi connectivity index (χ4n) is 1.41. The van der Waals surface area contributed by atoms with Gasteiger partial charge in [-0.25, -0.2) is 0 Å². The zero-order valence-electron chi connectivity index (χ0n) is 11.0. The van der Waals surface area contributed by atoms with E-state index in [0.29, 0.717) is 5.56 Å². The van der Waals surface area contributed by atoms with Crippen LogP contribution in [0.4, 0.5) is 0 Å².